The molecule has 2 aromatic heterocycles. The van der Waals surface area contributed by atoms with Gasteiger partial charge in [0.05, 0.1) is 12.0 Å². The predicted molar refractivity (Wildman–Crippen MR) is 114 cm³/mol. The third-order valence-corrected chi connectivity index (χ3v) is 5.78. The lowest BCUT2D eigenvalue weighted by Gasteiger charge is -2.26. The minimum absolute atomic E-state index is 0.136. The Kier molecular flexibility index (Phi) is 4.78. The maximum Gasteiger partial charge on any atom is 0.293 e. The van der Waals surface area contributed by atoms with Gasteiger partial charge >= 0.3 is 0 Å². The van der Waals surface area contributed by atoms with Crippen LogP contribution in [0.2, 0.25) is 0 Å². The van der Waals surface area contributed by atoms with Crippen LogP contribution in [0, 0.1) is 12.3 Å². The maximum atomic E-state index is 12.7. The van der Waals surface area contributed by atoms with E-state index in [0.717, 1.165) is 33.8 Å². The van der Waals surface area contributed by atoms with E-state index in [4.69, 9.17) is 4.42 Å². The Hall–Kier alpha value is -2.93. The number of carbonyl (C=O) groups excluding carboxylic acids is 2. The summed E-state index contributed by atoms with van der Waals surface area (Å²) in [6, 6.07) is 9.38. The number of nitrogens with zero attached hydrogens (tertiary/aromatic N) is 2. The van der Waals surface area contributed by atoms with Crippen molar-refractivity contribution in [1.82, 2.24) is 4.98 Å². The first-order chi connectivity index (χ1) is 13.7. The summed E-state index contributed by atoms with van der Waals surface area (Å²) < 4.78 is 5.13. The van der Waals surface area contributed by atoms with E-state index in [9.17, 15) is 9.59 Å². The minimum atomic E-state index is -0.410. The van der Waals surface area contributed by atoms with Crippen molar-refractivity contribution in [1.29, 1.82) is 0 Å². The van der Waals surface area contributed by atoms with Crippen LogP contribution in [0.15, 0.2) is 41.0 Å². The molecule has 0 bridgehead atoms. The highest BCUT2D eigenvalue weighted by atomic mass is 32.1. The molecule has 6 nitrogen and oxygen atoms in total. The summed E-state index contributed by atoms with van der Waals surface area (Å²) >= 11 is 1.43. The SMILES string of the molecule is Cc1sc(NC(=O)c2ccco2)nc1-c1ccc2c(c1)CCN2C(=O)C(C)(C)C. The molecule has 3 heterocycles. The number of nitrogens with one attached hydrogen (secondary N) is 1. The first-order valence-electron chi connectivity index (χ1n) is 9.51. The molecule has 1 aliphatic rings. The number of furan rings is 1. The molecule has 7 heteroatoms. The number of aryl methyl sites for hydroxylation is 1. The van der Waals surface area contributed by atoms with Crippen molar-refractivity contribution >= 4 is 34.0 Å². The third-order valence-electron chi connectivity index (χ3n) is 4.90. The van der Waals surface area contributed by atoms with Crippen molar-refractivity contribution < 1.29 is 14.0 Å². The van der Waals surface area contributed by atoms with E-state index < -0.39 is 5.41 Å². The van der Waals surface area contributed by atoms with Crippen molar-refractivity contribution in [2.75, 3.05) is 16.8 Å². The predicted octanol–water partition coefficient (Wildman–Crippen LogP) is 4.90. The first kappa shape index (κ1) is 19.4. The average Bonchev–Trinajstić information content (AvgIpc) is 3.39. The van der Waals surface area contributed by atoms with Crippen molar-refractivity contribution in [2.45, 2.75) is 34.1 Å². The van der Waals surface area contributed by atoms with Crippen LogP contribution in [0.1, 0.15) is 41.8 Å². The molecule has 1 aliphatic heterocycles. The number of benzene rings is 1. The highest BCUT2D eigenvalue weighted by Gasteiger charge is 2.32. The van der Waals surface area contributed by atoms with Gasteiger partial charge < -0.3 is 9.32 Å². The lowest BCUT2D eigenvalue weighted by Crippen LogP contribution is -2.38. The number of carbonyl (C=O) groups is 2. The molecule has 2 amide bonds. The summed E-state index contributed by atoms with van der Waals surface area (Å²) in [7, 11) is 0. The molecule has 0 radical (unpaired) electrons. The Morgan fingerprint density at radius 3 is 2.72 bits per heavy atom. The zero-order valence-corrected chi connectivity index (χ0v) is 17.7. The van der Waals surface area contributed by atoms with Gasteiger partial charge in [-0.2, -0.15) is 0 Å². The van der Waals surface area contributed by atoms with Crippen molar-refractivity contribution in [2.24, 2.45) is 5.41 Å². The first-order valence-corrected chi connectivity index (χ1v) is 10.3. The highest BCUT2D eigenvalue weighted by molar-refractivity contribution is 7.16. The number of aromatic nitrogens is 1. The number of fused-ring (bicyclic) bond motifs is 1. The van der Waals surface area contributed by atoms with E-state index >= 15 is 0 Å². The molecular weight excluding hydrogens is 386 g/mol. The fraction of sp³-hybridized carbons (Fsp3) is 0.318. The molecule has 0 saturated carbocycles. The zero-order valence-electron chi connectivity index (χ0n) is 16.9. The number of hydrogen-bond donors (Lipinski definition) is 1. The number of anilines is 2. The number of hydrogen-bond acceptors (Lipinski definition) is 5. The fourth-order valence-corrected chi connectivity index (χ4v) is 4.28. The van der Waals surface area contributed by atoms with Crippen LogP contribution in [-0.4, -0.2) is 23.3 Å². The molecule has 0 unspecified atom stereocenters. The van der Waals surface area contributed by atoms with E-state index in [2.05, 4.69) is 16.4 Å². The van der Waals surface area contributed by atoms with Crippen LogP contribution >= 0.6 is 11.3 Å². The second kappa shape index (κ2) is 7.15. The molecular formula is C22H23N3O3S. The van der Waals surface area contributed by atoms with Crippen LogP contribution in [0.3, 0.4) is 0 Å². The lowest BCUT2D eigenvalue weighted by atomic mass is 9.94. The summed E-state index contributed by atoms with van der Waals surface area (Å²) in [5.74, 6) is 0.0675. The van der Waals surface area contributed by atoms with Crippen molar-refractivity contribution in [3.05, 3.63) is 52.8 Å². The van der Waals surface area contributed by atoms with Gasteiger partial charge in [0.1, 0.15) is 0 Å². The Balaban J connectivity index is 1.58. The zero-order chi connectivity index (χ0) is 20.8. The summed E-state index contributed by atoms with van der Waals surface area (Å²) in [5, 5.41) is 3.32. The molecule has 0 saturated heterocycles. The van der Waals surface area contributed by atoms with E-state index in [1.165, 1.54) is 17.6 Å². The molecule has 4 rings (SSSR count). The molecule has 0 fully saturated rings. The van der Waals surface area contributed by atoms with Crippen LogP contribution in [0.4, 0.5) is 10.8 Å². The normalized spacial score (nSPS) is 13.4. The molecule has 3 aromatic rings. The van der Waals surface area contributed by atoms with Gasteiger partial charge in [0.15, 0.2) is 10.9 Å². The molecule has 1 aromatic carbocycles. The Morgan fingerprint density at radius 1 is 1.24 bits per heavy atom. The fourth-order valence-electron chi connectivity index (χ4n) is 3.45. The van der Waals surface area contributed by atoms with Gasteiger partial charge in [0.25, 0.3) is 5.91 Å². The number of thiazole rings is 1. The van der Waals surface area contributed by atoms with Crippen LogP contribution in [0.5, 0.6) is 0 Å². The summed E-state index contributed by atoms with van der Waals surface area (Å²) in [6.07, 6.45) is 2.29. The molecule has 150 valence electrons. The van der Waals surface area contributed by atoms with Crippen LogP contribution < -0.4 is 10.2 Å². The Bertz CT molecular complexity index is 1080. The van der Waals surface area contributed by atoms with Gasteiger partial charge in [-0.1, -0.05) is 26.8 Å². The topological polar surface area (TPSA) is 75.4 Å². The summed E-state index contributed by atoms with van der Waals surface area (Å²) in [5.41, 5.74) is 3.54. The second-order valence-corrected chi connectivity index (χ2v) is 9.36. The third kappa shape index (κ3) is 3.70. The Labute approximate surface area is 173 Å². The monoisotopic (exact) mass is 409 g/mol. The lowest BCUT2D eigenvalue weighted by molar-refractivity contribution is -0.125. The van der Waals surface area contributed by atoms with Gasteiger partial charge in [-0.05, 0) is 43.2 Å². The molecule has 29 heavy (non-hydrogen) atoms. The standard InChI is InChI=1S/C22H23N3O3S/c1-13-18(23-21(29-13)24-19(26)17-6-5-11-28-17)15-7-8-16-14(12-15)9-10-25(16)20(27)22(2,3)4/h5-8,11-12H,9-10H2,1-4H3,(H,23,24,26). The van der Waals surface area contributed by atoms with Gasteiger partial charge in [-0.25, -0.2) is 4.98 Å². The van der Waals surface area contributed by atoms with Crippen LogP contribution in [0.25, 0.3) is 11.3 Å². The van der Waals surface area contributed by atoms with E-state index in [-0.39, 0.29) is 17.6 Å². The molecule has 1 N–H and O–H groups in total. The van der Waals surface area contributed by atoms with Gasteiger partial charge in [-0.15, -0.1) is 11.3 Å². The maximum absolute atomic E-state index is 12.7. The van der Waals surface area contributed by atoms with Crippen molar-refractivity contribution in [3.8, 4) is 11.3 Å². The van der Waals surface area contributed by atoms with Crippen molar-refractivity contribution in [3.63, 3.8) is 0 Å². The Morgan fingerprint density at radius 2 is 2.03 bits per heavy atom. The summed E-state index contributed by atoms with van der Waals surface area (Å²) in [6.45, 7) is 8.52. The highest BCUT2D eigenvalue weighted by Crippen LogP contribution is 2.37. The molecule has 0 atom stereocenters. The number of amides is 2. The number of rotatable bonds is 3. The van der Waals surface area contributed by atoms with Crippen LogP contribution in [-0.2, 0) is 11.2 Å². The quantitative estimate of drug-likeness (QED) is 0.668. The summed E-state index contributed by atoms with van der Waals surface area (Å²) in [4.78, 5) is 32.4. The molecule has 0 aliphatic carbocycles. The van der Waals surface area contributed by atoms with E-state index in [1.54, 1.807) is 12.1 Å². The minimum Gasteiger partial charge on any atom is -0.459 e. The van der Waals surface area contributed by atoms with Gasteiger partial charge in [0.2, 0.25) is 5.91 Å². The largest absolute Gasteiger partial charge is 0.459 e. The second-order valence-electron chi connectivity index (χ2n) is 8.16. The molecule has 0 spiro atoms. The smallest absolute Gasteiger partial charge is 0.293 e. The van der Waals surface area contributed by atoms with E-state index in [1.807, 2.05) is 44.7 Å². The van der Waals surface area contributed by atoms with Gasteiger partial charge in [-0.3, -0.25) is 14.9 Å². The average molecular weight is 410 g/mol. The van der Waals surface area contributed by atoms with E-state index in [0.29, 0.717) is 11.7 Å². The van der Waals surface area contributed by atoms with Gasteiger partial charge in [0, 0.05) is 28.1 Å².